The molecule has 1 unspecified atom stereocenters. The molecule has 0 aliphatic rings. The molecule has 2 rings (SSSR count). The molecule has 9 heteroatoms. The summed E-state index contributed by atoms with van der Waals surface area (Å²) in [5.41, 5.74) is 2.11. The van der Waals surface area contributed by atoms with Gasteiger partial charge < -0.3 is 15.6 Å². The minimum Gasteiger partial charge on any atom is -0.353 e. The molecule has 8 nitrogen and oxygen atoms in total. The van der Waals surface area contributed by atoms with Crippen LogP contribution in [-0.2, 0) is 14.8 Å². The van der Waals surface area contributed by atoms with E-state index in [9.17, 15) is 18.0 Å². The number of sulfonamides is 1. The highest BCUT2D eigenvalue weighted by atomic mass is 32.2. The Bertz CT molecular complexity index is 862. The van der Waals surface area contributed by atoms with Gasteiger partial charge in [0.1, 0.15) is 11.7 Å². The largest absolute Gasteiger partial charge is 0.353 e. The molecule has 0 bridgehead atoms. The van der Waals surface area contributed by atoms with Crippen LogP contribution >= 0.6 is 0 Å². The zero-order valence-electron chi connectivity index (χ0n) is 14.6. The molecular formula is C17H22N4O4S. The van der Waals surface area contributed by atoms with E-state index in [0.717, 1.165) is 17.5 Å². The lowest BCUT2D eigenvalue weighted by atomic mass is 10.2. The Kier molecular flexibility index (Phi) is 6.53. The minimum absolute atomic E-state index is 0.0856. The normalized spacial score (nSPS) is 12.4. The van der Waals surface area contributed by atoms with Gasteiger partial charge in [-0.15, -0.1) is 0 Å². The molecule has 0 aliphatic heterocycles. The Hall–Kier alpha value is -2.65. The molecule has 2 aromatic rings. The van der Waals surface area contributed by atoms with E-state index in [0.29, 0.717) is 5.69 Å². The van der Waals surface area contributed by atoms with E-state index < -0.39 is 27.9 Å². The highest BCUT2D eigenvalue weighted by molar-refractivity contribution is 7.88. The van der Waals surface area contributed by atoms with E-state index in [1.165, 1.54) is 0 Å². The van der Waals surface area contributed by atoms with Crippen LogP contribution in [0.25, 0.3) is 11.3 Å². The van der Waals surface area contributed by atoms with E-state index in [1.807, 2.05) is 30.3 Å². The van der Waals surface area contributed by atoms with Crippen LogP contribution in [0.5, 0.6) is 0 Å². The van der Waals surface area contributed by atoms with Crippen LogP contribution in [0, 0.1) is 0 Å². The van der Waals surface area contributed by atoms with Crippen LogP contribution in [0.15, 0.2) is 42.5 Å². The SMILES string of the molecule is CC(NC(=O)c1ccc(-c2ccccc2)[nH]1)C(=O)NCCNS(C)(=O)=O. The molecule has 0 aliphatic carbocycles. The standard InChI is InChI=1S/C17H22N4O4S/c1-12(16(22)18-10-11-19-26(2,24)25)20-17(23)15-9-8-14(21-15)13-6-4-3-5-7-13/h3-9,12,19,21H,10-11H2,1-2H3,(H,18,22)(H,20,23). The summed E-state index contributed by atoms with van der Waals surface area (Å²) < 4.78 is 24.1. The number of carbonyl (C=O) groups is 2. The lowest BCUT2D eigenvalue weighted by Crippen LogP contribution is -2.46. The topological polar surface area (TPSA) is 120 Å². The number of carbonyl (C=O) groups excluding carboxylic acids is 2. The minimum atomic E-state index is -3.29. The third kappa shape index (κ3) is 6.01. The highest BCUT2D eigenvalue weighted by Gasteiger charge is 2.17. The third-order valence-corrected chi connectivity index (χ3v) is 4.27. The molecule has 0 radical (unpaired) electrons. The van der Waals surface area contributed by atoms with Crippen molar-refractivity contribution in [2.75, 3.05) is 19.3 Å². The fourth-order valence-electron chi connectivity index (χ4n) is 2.23. The van der Waals surface area contributed by atoms with E-state index >= 15 is 0 Å². The highest BCUT2D eigenvalue weighted by Crippen LogP contribution is 2.17. The molecule has 26 heavy (non-hydrogen) atoms. The second-order valence-corrected chi connectivity index (χ2v) is 7.64. The molecule has 4 N–H and O–H groups in total. The first-order valence-corrected chi connectivity index (χ1v) is 9.93. The molecule has 1 atom stereocenters. The first kappa shape index (κ1) is 19.7. The number of amides is 2. The van der Waals surface area contributed by atoms with Crippen LogP contribution in [0.1, 0.15) is 17.4 Å². The van der Waals surface area contributed by atoms with Crippen molar-refractivity contribution in [2.45, 2.75) is 13.0 Å². The lowest BCUT2D eigenvalue weighted by Gasteiger charge is -2.13. The average molecular weight is 378 g/mol. The molecule has 1 heterocycles. The van der Waals surface area contributed by atoms with Crippen molar-refractivity contribution in [1.29, 1.82) is 0 Å². The van der Waals surface area contributed by atoms with Gasteiger partial charge in [0, 0.05) is 18.8 Å². The van der Waals surface area contributed by atoms with Crippen LogP contribution in [0.4, 0.5) is 0 Å². The van der Waals surface area contributed by atoms with E-state index in [-0.39, 0.29) is 13.1 Å². The molecule has 0 saturated heterocycles. The Morgan fingerprint density at radius 2 is 1.77 bits per heavy atom. The van der Waals surface area contributed by atoms with Gasteiger partial charge in [-0.3, -0.25) is 9.59 Å². The van der Waals surface area contributed by atoms with Crippen LogP contribution < -0.4 is 15.4 Å². The molecule has 140 valence electrons. The van der Waals surface area contributed by atoms with Gasteiger partial charge in [0.15, 0.2) is 0 Å². The monoisotopic (exact) mass is 378 g/mol. The van der Waals surface area contributed by atoms with Gasteiger partial charge in [-0.1, -0.05) is 30.3 Å². The summed E-state index contributed by atoms with van der Waals surface area (Å²) >= 11 is 0. The quantitative estimate of drug-likeness (QED) is 0.499. The van der Waals surface area contributed by atoms with E-state index in [1.54, 1.807) is 19.1 Å². The fourth-order valence-corrected chi connectivity index (χ4v) is 2.70. The molecule has 0 fully saturated rings. The maximum absolute atomic E-state index is 12.3. The van der Waals surface area contributed by atoms with Gasteiger partial charge in [0.2, 0.25) is 15.9 Å². The van der Waals surface area contributed by atoms with Crippen molar-refractivity contribution in [3.8, 4) is 11.3 Å². The fraction of sp³-hybridized carbons (Fsp3) is 0.294. The number of benzene rings is 1. The van der Waals surface area contributed by atoms with Crippen molar-refractivity contribution in [2.24, 2.45) is 0 Å². The predicted octanol–water partition coefficient (Wildman–Crippen LogP) is 0.465. The number of aromatic amines is 1. The van der Waals surface area contributed by atoms with Crippen molar-refractivity contribution >= 4 is 21.8 Å². The number of aromatic nitrogens is 1. The summed E-state index contributed by atoms with van der Waals surface area (Å²) in [6, 6.07) is 12.3. The number of nitrogens with one attached hydrogen (secondary N) is 4. The average Bonchev–Trinajstić information content (AvgIpc) is 3.08. The summed E-state index contributed by atoms with van der Waals surface area (Å²) in [6.07, 6.45) is 1.04. The van der Waals surface area contributed by atoms with Gasteiger partial charge in [0.05, 0.1) is 6.26 Å². The molecule has 1 aromatic heterocycles. The predicted molar refractivity (Wildman–Crippen MR) is 99.0 cm³/mol. The van der Waals surface area contributed by atoms with Gasteiger partial charge in [0.25, 0.3) is 5.91 Å². The number of hydrogen-bond acceptors (Lipinski definition) is 4. The zero-order chi connectivity index (χ0) is 19.2. The Morgan fingerprint density at radius 3 is 2.42 bits per heavy atom. The number of hydrogen-bond donors (Lipinski definition) is 4. The number of rotatable bonds is 8. The van der Waals surface area contributed by atoms with Crippen LogP contribution in [-0.4, -0.2) is 50.6 Å². The summed E-state index contributed by atoms with van der Waals surface area (Å²) in [5, 5.41) is 5.15. The molecule has 2 amide bonds. The van der Waals surface area contributed by atoms with Crippen LogP contribution in [0.3, 0.4) is 0 Å². The van der Waals surface area contributed by atoms with Crippen molar-refractivity contribution in [1.82, 2.24) is 20.3 Å². The second kappa shape index (κ2) is 8.63. The Labute approximate surface area is 152 Å². The van der Waals surface area contributed by atoms with Crippen LogP contribution in [0.2, 0.25) is 0 Å². The summed E-state index contributed by atoms with van der Waals surface area (Å²) in [7, 11) is -3.29. The lowest BCUT2D eigenvalue weighted by molar-refractivity contribution is -0.122. The summed E-state index contributed by atoms with van der Waals surface area (Å²) in [6.45, 7) is 1.77. The smallest absolute Gasteiger partial charge is 0.268 e. The zero-order valence-corrected chi connectivity index (χ0v) is 15.4. The Morgan fingerprint density at radius 1 is 1.08 bits per heavy atom. The molecule has 0 spiro atoms. The van der Waals surface area contributed by atoms with E-state index in [2.05, 4.69) is 20.3 Å². The molecule has 1 aromatic carbocycles. The van der Waals surface area contributed by atoms with Gasteiger partial charge in [-0.2, -0.15) is 0 Å². The first-order chi connectivity index (χ1) is 12.3. The van der Waals surface area contributed by atoms with Gasteiger partial charge in [-0.05, 0) is 24.6 Å². The van der Waals surface area contributed by atoms with Gasteiger partial charge >= 0.3 is 0 Å². The second-order valence-electron chi connectivity index (χ2n) is 5.80. The third-order valence-electron chi connectivity index (χ3n) is 3.54. The summed E-state index contributed by atoms with van der Waals surface area (Å²) in [5.74, 6) is -0.799. The molecule has 0 saturated carbocycles. The van der Waals surface area contributed by atoms with Crippen molar-refractivity contribution in [3.63, 3.8) is 0 Å². The summed E-state index contributed by atoms with van der Waals surface area (Å²) in [4.78, 5) is 27.2. The molecular weight excluding hydrogens is 356 g/mol. The first-order valence-electron chi connectivity index (χ1n) is 8.04. The van der Waals surface area contributed by atoms with Gasteiger partial charge in [-0.25, -0.2) is 13.1 Å². The van der Waals surface area contributed by atoms with E-state index in [4.69, 9.17) is 0 Å². The maximum atomic E-state index is 12.3. The van der Waals surface area contributed by atoms with Crippen molar-refractivity contribution < 1.29 is 18.0 Å². The van der Waals surface area contributed by atoms with Crippen molar-refractivity contribution in [3.05, 3.63) is 48.2 Å². The Balaban J connectivity index is 1.85. The maximum Gasteiger partial charge on any atom is 0.268 e. The number of H-pyrrole nitrogens is 1.